The van der Waals surface area contributed by atoms with Crippen LogP contribution in [-0.2, 0) is 6.54 Å². The molecule has 1 saturated heterocycles. The summed E-state index contributed by atoms with van der Waals surface area (Å²) in [7, 11) is 0. The second kappa shape index (κ2) is 12.9. The number of pyridine rings is 2. The number of aromatic nitrogens is 4. The third-order valence-electron chi connectivity index (χ3n) is 8.51. The normalized spacial score (nSPS) is 15.0. The summed E-state index contributed by atoms with van der Waals surface area (Å²) in [5.41, 5.74) is 12.9. The number of aldehydes is 1. The van der Waals surface area contributed by atoms with E-state index < -0.39 is 0 Å². The Morgan fingerprint density at radius 2 is 1.81 bits per heavy atom. The van der Waals surface area contributed by atoms with Crippen LogP contribution in [0.4, 0.5) is 5.82 Å². The van der Waals surface area contributed by atoms with Gasteiger partial charge < -0.3 is 16.2 Å². The SMILES string of the molecule is Nc1ncccc1-c1nc2ccc(-c3ccccc3)nc2n1-c1ccc(CN2CCC[C@@H](NC(=O)c3ccc(O)c(C=O)c3)C2)cc1. The molecular weight excluding hydrogens is 590 g/mol. The molecule has 0 bridgehead atoms. The van der Waals surface area contributed by atoms with Gasteiger partial charge in [-0.1, -0.05) is 42.5 Å². The number of hydrogen-bond donors (Lipinski definition) is 3. The van der Waals surface area contributed by atoms with Crippen LogP contribution in [0.1, 0.15) is 39.1 Å². The number of nitrogens with two attached hydrogens (primary N) is 1. The van der Waals surface area contributed by atoms with Crippen molar-refractivity contribution in [3.05, 3.63) is 120 Å². The Morgan fingerprint density at radius 3 is 2.60 bits per heavy atom. The number of fused-ring (bicyclic) bond motifs is 1. The van der Waals surface area contributed by atoms with Gasteiger partial charge in [-0.2, -0.15) is 0 Å². The van der Waals surface area contributed by atoms with Gasteiger partial charge in [-0.05, 0) is 79.5 Å². The maximum absolute atomic E-state index is 12.9. The molecule has 4 N–H and O–H groups in total. The van der Waals surface area contributed by atoms with Gasteiger partial charge in [0, 0.05) is 42.1 Å². The highest BCUT2D eigenvalue weighted by Gasteiger charge is 2.23. The van der Waals surface area contributed by atoms with Gasteiger partial charge in [0.25, 0.3) is 5.91 Å². The highest BCUT2D eigenvalue weighted by atomic mass is 16.3. The van der Waals surface area contributed by atoms with Crippen LogP contribution >= 0.6 is 0 Å². The topological polar surface area (TPSA) is 139 Å². The zero-order valence-corrected chi connectivity index (χ0v) is 25.6. The number of carbonyl (C=O) groups is 2. The molecular formula is C37H33N7O3. The molecule has 0 spiro atoms. The summed E-state index contributed by atoms with van der Waals surface area (Å²) >= 11 is 0. The minimum atomic E-state index is -0.258. The van der Waals surface area contributed by atoms with E-state index in [1.807, 2.05) is 59.2 Å². The first-order valence-corrected chi connectivity index (χ1v) is 15.5. The molecule has 1 atom stereocenters. The summed E-state index contributed by atoms with van der Waals surface area (Å²) in [6.07, 6.45) is 4.03. The number of carbonyl (C=O) groups excluding carboxylic acids is 2. The van der Waals surface area contributed by atoms with Crippen LogP contribution < -0.4 is 11.1 Å². The summed E-state index contributed by atoms with van der Waals surface area (Å²) in [5, 5.41) is 12.9. The monoisotopic (exact) mass is 623 g/mol. The highest BCUT2D eigenvalue weighted by Crippen LogP contribution is 2.32. The fraction of sp³-hybridized carbons (Fsp3) is 0.162. The summed E-state index contributed by atoms with van der Waals surface area (Å²) in [4.78, 5) is 40.7. The molecule has 0 radical (unpaired) electrons. The fourth-order valence-electron chi connectivity index (χ4n) is 6.14. The zero-order valence-electron chi connectivity index (χ0n) is 25.6. The van der Waals surface area contributed by atoms with Crippen molar-refractivity contribution in [1.29, 1.82) is 0 Å². The molecule has 6 aromatic rings. The Labute approximate surface area is 271 Å². The third-order valence-corrected chi connectivity index (χ3v) is 8.51. The molecule has 3 aromatic heterocycles. The predicted octanol–water partition coefficient (Wildman–Crippen LogP) is 5.64. The molecule has 7 rings (SSSR count). The van der Waals surface area contributed by atoms with E-state index in [2.05, 4.69) is 39.5 Å². The van der Waals surface area contributed by atoms with Crippen molar-refractivity contribution < 1.29 is 14.7 Å². The van der Waals surface area contributed by atoms with E-state index in [-0.39, 0.29) is 23.3 Å². The van der Waals surface area contributed by atoms with Crippen LogP contribution in [0.25, 0.3) is 39.5 Å². The lowest BCUT2D eigenvalue weighted by Crippen LogP contribution is -2.47. The number of aromatic hydroxyl groups is 1. The van der Waals surface area contributed by atoms with Gasteiger partial charge in [0.2, 0.25) is 0 Å². The number of rotatable bonds is 8. The predicted molar refractivity (Wildman–Crippen MR) is 181 cm³/mol. The standard InChI is InChI=1S/C37H33N7O3/c38-34-30(9-4-18-39-34)35-42-32-16-15-31(25-6-2-1-3-7-25)41-36(32)44(35)29-13-10-24(11-14-29)21-43-19-5-8-28(22-43)40-37(47)26-12-17-33(46)27(20-26)23-45/h1-4,6-7,9-18,20,23,28,46H,5,8,19,21-22H2,(H2,38,39)(H,40,47)/t28-/m1/s1. The second-order valence-electron chi connectivity index (χ2n) is 11.7. The van der Waals surface area contributed by atoms with Crippen LogP contribution in [-0.4, -0.2) is 60.9 Å². The quantitative estimate of drug-likeness (QED) is 0.185. The number of imidazole rings is 1. The van der Waals surface area contributed by atoms with E-state index in [9.17, 15) is 14.7 Å². The average Bonchev–Trinajstić information content (AvgIpc) is 3.48. The molecule has 0 aliphatic carbocycles. The Morgan fingerprint density at radius 1 is 0.979 bits per heavy atom. The first-order chi connectivity index (χ1) is 23.0. The number of nitrogen functional groups attached to an aromatic ring is 1. The molecule has 4 heterocycles. The van der Waals surface area contributed by atoms with Crippen LogP contribution in [0.3, 0.4) is 0 Å². The van der Waals surface area contributed by atoms with E-state index in [1.54, 1.807) is 6.20 Å². The van der Waals surface area contributed by atoms with Crippen molar-refractivity contribution in [2.24, 2.45) is 0 Å². The number of phenols is 1. The van der Waals surface area contributed by atoms with Crippen molar-refractivity contribution in [3.63, 3.8) is 0 Å². The molecule has 47 heavy (non-hydrogen) atoms. The number of likely N-dealkylation sites (tertiary alicyclic amines) is 1. The molecule has 10 heteroatoms. The Bertz CT molecular complexity index is 2080. The lowest BCUT2D eigenvalue weighted by molar-refractivity contribution is 0.0900. The van der Waals surface area contributed by atoms with Crippen molar-refractivity contribution in [3.8, 4) is 34.1 Å². The molecule has 1 amide bonds. The minimum Gasteiger partial charge on any atom is -0.507 e. The van der Waals surface area contributed by atoms with Gasteiger partial charge in [0.15, 0.2) is 17.8 Å². The smallest absolute Gasteiger partial charge is 0.251 e. The number of benzene rings is 3. The Balaban J connectivity index is 1.13. The van der Waals surface area contributed by atoms with Gasteiger partial charge in [0.05, 0.1) is 16.8 Å². The summed E-state index contributed by atoms with van der Waals surface area (Å²) < 4.78 is 2.03. The van der Waals surface area contributed by atoms with E-state index in [0.717, 1.165) is 65.2 Å². The van der Waals surface area contributed by atoms with Crippen LogP contribution in [0.15, 0.2) is 103 Å². The number of nitrogens with one attached hydrogen (secondary N) is 1. The van der Waals surface area contributed by atoms with Crippen LogP contribution in [0, 0.1) is 0 Å². The van der Waals surface area contributed by atoms with Gasteiger partial charge in [-0.25, -0.2) is 15.0 Å². The number of phenolic OH excluding ortho intramolecular Hbond substituents is 1. The average molecular weight is 624 g/mol. The lowest BCUT2D eigenvalue weighted by atomic mass is 10.0. The summed E-state index contributed by atoms with van der Waals surface area (Å²) in [6.45, 7) is 2.35. The van der Waals surface area contributed by atoms with Crippen molar-refractivity contribution in [1.82, 2.24) is 29.7 Å². The first kappa shape index (κ1) is 29.8. The number of nitrogens with zero attached hydrogens (tertiary/aromatic N) is 5. The van der Waals surface area contributed by atoms with Gasteiger partial charge in [-0.15, -0.1) is 0 Å². The summed E-state index contributed by atoms with van der Waals surface area (Å²) in [6, 6.07) is 30.4. The number of hydrogen-bond acceptors (Lipinski definition) is 8. The maximum Gasteiger partial charge on any atom is 0.251 e. The van der Waals surface area contributed by atoms with Gasteiger partial charge >= 0.3 is 0 Å². The molecule has 234 valence electrons. The van der Waals surface area contributed by atoms with Crippen LogP contribution in [0.5, 0.6) is 5.75 Å². The van der Waals surface area contributed by atoms with Gasteiger partial charge in [0.1, 0.15) is 17.1 Å². The fourth-order valence-corrected chi connectivity index (χ4v) is 6.14. The molecule has 3 aromatic carbocycles. The maximum atomic E-state index is 12.9. The van der Waals surface area contributed by atoms with Gasteiger partial charge in [-0.3, -0.25) is 19.1 Å². The Hall–Kier alpha value is -5.87. The number of piperidine rings is 1. The minimum absolute atomic E-state index is 0.0290. The van der Waals surface area contributed by atoms with Crippen molar-refractivity contribution in [2.75, 3.05) is 18.8 Å². The van der Waals surface area contributed by atoms with Crippen molar-refractivity contribution in [2.45, 2.75) is 25.4 Å². The number of anilines is 1. The van der Waals surface area contributed by atoms with E-state index in [4.69, 9.17) is 15.7 Å². The highest BCUT2D eigenvalue weighted by molar-refractivity contribution is 5.96. The molecule has 0 saturated carbocycles. The van der Waals surface area contributed by atoms with Crippen molar-refractivity contribution >= 4 is 29.2 Å². The second-order valence-corrected chi connectivity index (χ2v) is 11.7. The number of amides is 1. The molecule has 1 aliphatic heterocycles. The molecule has 1 fully saturated rings. The van der Waals surface area contributed by atoms with E-state index >= 15 is 0 Å². The first-order valence-electron chi connectivity index (χ1n) is 15.5. The van der Waals surface area contributed by atoms with E-state index in [1.165, 1.54) is 18.2 Å². The summed E-state index contributed by atoms with van der Waals surface area (Å²) in [5.74, 6) is 0.661. The molecule has 10 nitrogen and oxygen atoms in total. The third kappa shape index (κ3) is 6.18. The molecule has 1 aliphatic rings. The Kier molecular flexibility index (Phi) is 8.16. The largest absolute Gasteiger partial charge is 0.507 e. The zero-order chi connectivity index (χ0) is 32.3. The molecule has 0 unspecified atom stereocenters. The van der Waals surface area contributed by atoms with E-state index in [0.29, 0.717) is 30.0 Å². The lowest BCUT2D eigenvalue weighted by Gasteiger charge is -2.33. The van der Waals surface area contributed by atoms with Crippen LogP contribution in [0.2, 0.25) is 0 Å².